The van der Waals surface area contributed by atoms with Crippen molar-refractivity contribution in [2.45, 2.75) is 47.3 Å². The number of nitrogens with one attached hydrogen (secondary N) is 1. The number of nitrogens with zero attached hydrogens (tertiary/aromatic N) is 2. The fourth-order valence-electron chi connectivity index (χ4n) is 1.32. The van der Waals surface area contributed by atoms with Gasteiger partial charge in [0.1, 0.15) is 0 Å². The fourth-order valence-corrected chi connectivity index (χ4v) is 1.32. The third-order valence-corrected chi connectivity index (χ3v) is 2.80. The van der Waals surface area contributed by atoms with Crippen LogP contribution in [-0.4, -0.2) is 22.8 Å². The van der Waals surface area contributed by atoms with E-state index >= 15 is 0 Å². The van der Waals surface area contributed by atoms with E-state index < -0.39 is 0 Å². The molecular weight excluding hydrogens is 226 g/mol. The van der Waals surface area contributed by atoms with Gasteiger partial charge in [-0.3, -0.25) is 0 Å². The average molecular weight is 251 g/mol. The number of rotatable bonds is 7. The lowest BCUT2D eigenvalue weighted by atomic mass is 10.1. The molecule has 0 aliphatic carbocycles. The van der Waals surface area contributed by atoms with Gasteiger partial charge >= 0.3 is 0 Å². The first-order chi connectivity index (χ1) is 8.49. The Morgan fingerprint density at radius 3 is 2.33 bits per heavy atom. The minimum atomic E-state index is 0.157. The van der Waals surface area contributed by atoms with Crippen molar-refractivity contribution in [3.63, 3.8) is 0 Å². The highest BCUT2D eigenvalue weighted by Crippen LogP contribution is 2.12. The Kier molecular flexibility index (Phi) is 6.05. The van der Waals surface area contributed by atoms with Crippen molar-refractivity contribution >= 4 is 0 Å². The van der Waals surface area contributed by atoms with Crippen LogP contribution in [0, 0.1) is 11.8 Å². The first-order valence-corrected chi connectivity index (χ1v) is 6.69. The third-order valence-electron chi connectivity index (χ3n) is 2.80. The van der Waals surface area contributed by atoms with Crippen LogP contribution < -0.4 is 10.1 Å². The van der Waals surface area contributed by atoms with Gasteiger partial charge in [0, 0.05) is 12.6 Å². The van der Waals surface area contributed by atoms with E-state index in [0.29, 0.717) is 17.7 Å². The predicted molar refractivity (Wildman–Crippen MR) is 73.5 cm³/mol. The summed E-state index contributed by atoms with van der Waals surface area (Å²) >= 11 is 0. The number of aromatic nitrogens is 2. The van der Waals surface area contributed by atoms with E-state index in [9.17, 15) is 0 Å². The lowest BCUT2D eigenvalue weighted by molar-refractivity contribution is 0.161. The molecule has 18 heavy (non-hydrogen) atoms. The second-order valence-electron chi connectivity index (χ2n) is 5.45. The van der Waals surface area contributed by atoms with Crippen LogP contribution in [0.2, 0.25) is 0 Å². The minimum Gasteiger partial charge on any atom is -0.473 e. The Morgan fingerprint density at radius 1 is 1.11 bits per heavy atom. The van der Waals surface area contributed by atoms with Gasteiger partial charge in [-0.15, -0.1) is 5.10 Å². The lowest BCUT2D eigenvalue weighted by Crippen LogP contribution is -2.21. The number of hydrogen-bond donors (Lipinski definition) is 1. The SMILES string of the molecule is CC(C)CNCc1ccc(OC(C)C(C)C)nn1. The first kappa shape index (κ1) is 14.9. The van der Waals surface area contributed by atoms with Crippen LogP contribution in [0.5, 0.6) is 5.88 Å². The molecule has 0 bridgehead atoms. The first-order valence-electron chi connectivity index (χ1n) is 6.69. The number of hydrogen-bond acceptors (Lipinski definition) is 4. The maximum atomic E-state index is 5.68. The van der Waals surface area contributed by atoms with Crippen LogP contribution in [-0.2, 0) is 6.54 Å². The highest BCUT2D eigenvalue weighted by molar-refractivity contribution is 5.11. The van der Waals surface area contributed by atoms with Gasteiger partial charge in [0.2, 0.25) is 5.88 Å². The van der Waals surface area contributed by atoms with Gasteiger partial charge in [-0.1, -0.05) is 27.7 Å². The van der Waals surface area contributed by atoms with Crippen molar-refractivity contribution in [3.8, 4) is 5.88 Å². The quantitative estimate of drug-likeness (QED) is 0.809. The summed E-state index contributed by atoms with van der Waals surface area (Å²) in [5, 5.41) is 11.6. The molecule has 1 rings (SSSR count). The monoisotopic (exact) mass is 251 g/mol. The summed E-state index contributed by atoms with van der Waals surface area (Å²) in [6.07, 6.45) is 0.157. The smallest absolute Gasteiger partial charge is 0.233 e. The van der Waals surface area contributed by atoms with Gasteiger partial charge < -0.3 is 10.1 Å². The zero-order chi connectivity index (χ0) is 13.5. The van der Waals surface area contributed by atoms with E-state index in [0.717, 1.165) is 18.8 Å². The summed E-state index contributed by atoms with van der Waals surface area (Å²) in [6, 6.07) is 3.85. The van der Waals surface area contributed by atoms with E-state index in [1.54, 1.807) is 0 Å². The van der Waals surface area contributed by atoms with E-state index in [-0.39, 0.29) is 6.10 Å². The molecule has 0 aliphatic rings. The zero-order valence-corrected chi connectivity index (χ0v) is 12.1. The van der Waals surface area contributed by atoms with Gasteiger partial charge in [0.25, 0.3) is 0 Å². The van der Waals surface area contributed by atoms with Crippen LogP contribution >= 0.6 is 0 Å². The van der Waals surface area contributed by atoms with E-state index in [1.165, 1.54) is 0 Å². The summed E-state index contributed by atoms with van der Waals surface area (Å²) in [7, 11) is 0. The molecule has 0 spiro atoms. The minimum absolute atomic E-state index is 0.157. The molecule has 1 atom stereocenters. The van der Waals surface area contributed by atoms with Crippen molar-refractivity contribution in [2.75, 3.05) is 6.54 Å². The Balaban J connectivity index is 2.42. The topological polar surface area (TPSA) is 47.0 Å². The molecule has 1 aromatic rings. The fraction of sp³-hybridized carbons (Fsp3) is 0.714. The van der Waals surface area contributed by atoms with Gasteiger partial charge in [-0.2, -0.15) is 5.10 Å². The molecule has 0 saturated carbocycles. The average Bonchev–Trinajstić information content (AvgIpc) is 2.30. The van der Waals surface area contributed by atoms with Crippen molar-refractivity contribution < 1.29 is 4.74 Å². The standard InChI is InChI=1S/C14H25N3O/c1-10(2)8-15-9-13-6-7-14(17-16-13)18-12(5)11(3)4/h6-7,10-12,15H,8-9H2,1-5H3. The molecule has 4 nitrogen and oxygen atoms in total. The highest BCUT2D eigenvalue weighted by atomic mass is 16.5. The van der Waals surface area contributed by atoms with E-state index in [1.807, 2.05) is 19.1 Å². The zero-order valence-electron chi connectivity index (χ0n) is 12.1. The normalized spacial score (nSPS) is 13.1. The number of ether oxygens (including phenoxy) is 1. The van der Waals surface area contributed by atoms with Gasteiger partial charge in [0.15, 0.2) is 0 Å². The van der Waals surface area contributed by atoms with Crippen molar-refractivity contribution in [1.82, 2.24) is 15.5 Å². The van der Waals surface area contributed by atoms with E-state index in [4.69, 9.17) is 4.74 Å². The largest absolute Gasteiger partial charge is 0.473 e. The third kappa shape index (κ3) is 5.45. The molecular formula is C14H25N3O. The predicted octanol–water partition coefficient (Wildman–Crippen LogP) is 2.65. The van der Waals surface area contributed by atoms with E-state index in [2.05, 4.69) is 43.2 Å². The molecule has 1 unspecified atom stereocenters. The molecule has 0 fully saturated rings. The Labute approximate surface area is 110 Å². The Bertz CT molecular complexity index is 335. The van der Waals surface area contributed by atoms with Crippen LogP contribution in [0.3, 0.4) is 0 Å². The molecule has 0 amide bonds. The summed E-state index contributed by atoms with van der Waals surface area (Å²) in [4.78, 5) is 0. The summed E-state index contributed by atoms with van der Waals surface area (Å²) in [5.74, 6) is 1.72. The van der Waals surface area contributed by atoms with Crippen molar-refractivity contribution in [2.24, 2.45) is 11.8 Å². The van der Waals surface area contributed by atoms with Gasteiger partial charge in [-0.25, -0.2) is 0 Å². The van der Waals surface area contributed by atoms with Gasteiger partial charge in [0.05, 0.1) is 11.8 Å². The van der Waals surface area contributed by atoms with Crippen LogP contribution in [0.4, 0.5) is 0 Å². The second kappa shape index (κ2) is 7.31. The molecule has 102 valence electrons. The highest BCUT2D eigenvalue weighted by Gasteiger charge is 2.09. The maximum absolute atomic E-state index is 5.68. The van der Waals surface area contributed by atoms with Crippen LogP contribution in [0.15, 0.2) is 12.1 Å². The van der Waals surface area contributed by atoms with Crippen molar-refractivity contribution in [3.05, 3.63) is 17.8 Å². The Morgan fingerprint density at radius 2 is 1.83 bits per heavy atom. The van der Waals surface area contributed by atoms with Crippen LogP contribution in [0.25, 0.3) is 0 Å². The Hall–Kier alpha value is -1.16. The molecule has 0 saturated heterocycles. The summed E-state index contributed by atoms with van der Waals surface area (Å²) < 4.78 is 5.68. The van der Waals surface area contributed by atoms with Gasteiger partial charge in [-0.05, 0) is 31.4 Å². The molecule has 0 radical (unpaired) electrons. The summed E-state index contributed by atoms with van der Waals surface area (Å²) in [6.45, 7) is 12.4. The molecule has 1 aromatic heterocycles. The molecule has 0 aromatic carbocycles. The molecule has 0 aliphatic heterocycles. The summed E-state index contributed by atoms with van der Waals surface area (Å²) in [5.41, 5.74) is 0.945. The molecule has 4 heteroatoms. The molecule has 1 heterocycles. The second-order valence-corrected chi connectivity index (χ2v) is 5.45. The van der Waals surface area contributed by atoms with Crippen molar-refractivity contribution in [1.29, 1.82) is 0 Å². The molecule has 1 N–H and O–H groups in total. The maximum Gasteiger partial charge on any atom is 0.233 e. The lowest BCUT2D eigenvalue weighted by Gasteiger charge is -2.16. The van der Waals surface area contributed by atoms with Crippen LogP contribution in [0.1, 0.15) is 40.3 Å².